The van der Waals surface area contributed by atoms with Gasteiger partial charge < -0.3 is 57.7 Å². The molecule has 1 aliphatic carbocycles. The Balaban J connectivity index is 1.86. The van der Waals surface area contributed by atoms with Crippen molar-refractivity contribution in [2.75, 3.05) is 32.7 Å². The van der Waals surface area contributed by atoms with Crippen molar-refractivity contribution in [3.8, 4) is 0 Å². The first-order valence-corrected chi connectivity index (χ1v) is 11.3. The predicted octanol–water partition coefficient (Wildman–Crippen LogP) is -4.28. The fraction of sp³-hybridized carbons (Fsp3) is 0.947. The van der Waals surface area contributed by atoms with Crippen LogP contribution in [0.4, 0.5) is 4.79 Å². The van der Waals surface area contributed by atoms with Crippen LogP contribution in [-0.2, 0) is 9.47 Å². The van der Waals surface area contributed by atoms with E-state index in [1.54, 1.807) is 0 Å². The average Bonchev–Trinajstić information content (AvgIpc) is 2.74. The van der Waals surface area contributed by atoms with Crippen LogP contribution in [0.2, 0.25) is 0 Å². The number of aliphatic hydroxyl groups is 4. The number of rotatable bonds is 11. The molecule has 2 fully saturated rings. The van der Waals surface area contributed by atoms with Crippen LogP contribution in [-0.4, -0.2) is 124 Å². The summed E-state index contributed by atoms with van der Waals surface area (Å²) in [4.78, 5) is 11.9. The van der Waals surface area contributed by atoms with Gasteiger partial charge in [0.1, 0.15) is 18.3 Å². The molecule has 1 aliphatic heterocycles. The van der Waals surface area contributed by atoms with Gasteiger partial charge >= 0.3 is 6.03 Å². The van der Waals surface area contributed by atoms with Crippen LogP contribution in [0.5, 0.6) is 0 Å². The van der Waals surface area contributed by atoms with Crippen LogP contribution in [0.1, 0.15) is 25.7 Å². The van der Waals surface area contributed by atoms with E-state index >= 15 is 0 Å². The molecule has 0 bridgehead atoms. The predicted molar refractivity (Wildman–Crippen MR) is 116 cm³/mol. The van der Waals surface area contributed by atoms with E-state index in [1.165, 1.54) is 0 Å². The van der Waals surface area contributed by atoms with E-state index in [4.69, 9.17) is 26.7 Å². The van der Waals surface area contributed by atoms with Gasteiger partial charge in [-0.15, -0.1) is 0 Å². The first-order valence-electron chi connectivity index (χ1n) is 11.3. The van der Waals surface area contributed by atoms with Crippen LogP contribution in [0.3, 0.4) is 0 Å². The lowest BCUT2D eigenvalue weighted by atomic mass is 9.86. The summed E-state index contributed by atoms with van der Waals surface area (Å²) in [5.74, 6) is 0. The number of nitrogens with one attached hydrogen (secondary N) is 2. The summed E-state index contributed by atoms with van der Waals surface area (Å²) < 4.78 is 11.6. The number of hydroxylamine groups is 2. The maximum absolute atomic E-state index is 11.9. The monoisotopic (exact) mass is 480 g/mol. The maximum atomic E-state index is 11.9. The van der Waals surface area contributed by atoms with Crippen molar-refractivity contribution < 1.29 is 39.9 Å². The number of nitrogens with zero attached hydrogens (tertiary/aromatic N) is 1. The fourth-order valence-electron chi connectivity index (χ4n) is 4.09. The number of carbonyl (C=O) groups excluding carboxylic acids is 1. The van der Waals surface area contributed by atoms with Gasteiger partial charge in [-0.25, -0.2) is 9.86 Å². The summed E-state index contributed by atoms with van der Waals surface area (Å²) in [6, 6.07) is -1.87. The SMILES string of the molecule is NCCC(O)CNCC1O[C@H](O[C@@H]2C(N)CC(NC(=O)N(O)CCN)CC2O)CC(O)[C@@H]1O. The van der Waals surface area contributed by atoms with Crippen molar-refractivity contribution >= 4 is 6.03 Å². The third-order valence-electron chi connectivity index (χ3n) is 5.86. The fourth-order valence-corrected chi connectivity index (χ4v) is 4.09. The van der Waals surface area contributed by atoms with Gasteiger partial charge in [0.15, 0.2) is 6.29 Å². The minimum absolute atomic E-state index is 0.0118. The van der Waals surface area contributed by atoms with E-state index < -0.39 is 61.0 Å². The van der Waals surface area contributed by atoms with Crippen molar-refractivity contribution in [1.29, 1.82) is 0 Å². The molecule has 0 spiro atoms. The van der Waals surface area contributed by atoms with Crippen molar-refractivity contribution in [2.24, 2.45) is 17.2 Å². The molecule has 2 amide bonds. The number of aliphatic hydroxyl groups excluding tert-OH is 4. The van der Waals surface area contributed by atoms with Gasteiger partial charge in [-0.2, -0.15) is 0 Å². The number of urea groups is 1. The van der Waals surface area contributed by atoms with Crippen LogP contribution >= 0.6 is 0 Å². The smallest absolute Gasteiger partial charge is 0.341 e. The zero-order valence-electron chi connectivity index (χ0n) is 18.7. The van der Waals surface area contributed by atoms with Crippen molar-refractivity contribution in [3.05, 3.63) is 0 Å². The molecule has 1 saturated carbocycles. The molecular weight excluding hydrogens is 440 g/mol. The van der Waals surface area contributed by atoms with Crippen molar-refractivity contribution in [2.45, 2.75) is 80.7 Å². The molecule has 0 aromatic rings. The summed E-state index contributed by atoms with van der Waals surface area (Å²) in [6.45, 7) is 0.822. The standard InChI is InChI=1S/C19H40N6O8/c20-2-1-11(26)8-23-9-15-17(29)13(27)7-16(32-15)33-18-12(22)5-10(6-14(18)28)24-19(30)25(31)4-3-21/h10-18,23,26-29,31H,1-9,20-22H2,(H,24,30)/t10?,11?,12?,13?,14?,15?,16-,17+,18-/m1/s1. The molecule has 1 heterocycles. The van der Waals surface area contributed by atoms with Crippen molar-refractivity contribution in [1.82, 2.24) is 15.7 Å². The summed E-state index contributed by atoms with van der Waals surface area (Å²) >= 11 is 0. The molecule has 13 N–H and O–H groups in total. The molecule has 2 aliphatic rings. The summed E-state index contributed by atoms with van der Waals surface area (Å²) in [5, 5.41) is 56.4. The number of ether oxygens (including phenoxy) is 2. The third kappa shape index (κ3) is 8.52. The Hall–Kier alpha value is -1.17. The highest BCUT2D eigenvalue weighted by atomic mass is 16.7. The average molecular weight is 481 g/mol. The number of hydrogen-bond acceptors (Lipinski definition) is 12. The molecule has 14 heteroatoms. The largest absolute Gasteiger partial charge is 0.392 e. The van der Waals surface area contributed by atoms with E-state index in [0.717, 1.165) is 0 Å². The van der Waals surface area contributed by atoms with Gasteiger partial charge in [0, 0.05) is 38.1 Å². The van der Waals surface area contributed by atoms with Crippen LogP contribution in [0, 0.1) is 0 Å². The van der Waals surface area contributed by atoms with E-state index in [-0.39, 0.29) is 45.4 Å². The quantitative estimate of drug-likeness (QED) is 0.0997. The molecule has 9 atom stereocenters. The third-order valence-corrected chi connectivity index (χ3v) is 5.86. The molecule has 33 heavy (non-hydrogen) atoms. The Morgan fingerprint density at radius 2 is 1.88 bits per heavy atom. The zero-order valence-corrected chi connectivity index (χ0v) is 18.7. The molecule has 2 rings (SSSR count). The lowest BCUT2D eigenvalue weighted by Crippen LogP contribution is -2.59. The van der Waals surface area contributed by atoms with Gasteiger partial charge in [0.25, 0.3) is 0 Å². The Kier molecular flexibility index (Phi) is 11.6. The molecule has 0 aromatic heterocycles. The lowest BCUT2D eigenvalue weighted by Gasteiger charge is -2.43. The first kappa shape index (κ1) is 28.1. The lowest BCUT2D eigenvalue weighted by molar-refractivity contribution is -0.276. The molecule has 14 nitrogen and oxygen atoms in total. The molecule has 0 radical (unpaired) electrons. The minimum Gasteiger partial charge on any atom is -0.392 e. The van der Waals surface area contributed by atoms with E-state index in [1.807, 2.05) is 0 Å². The van der Waals surface area contributed by atoms with Gasteiger partial charge in [-0.1, -0.05) is 0 Å². The zero-order chi connectivity index (χ0) is 24.5. The first-order chi connectivity index (χ1) is 15.7. The van der Waals surface area contributed by atoms with Gasteiger partial charge in [0.05, 0.1) is 24.9 Å². The molecular formula is C19H40N6O8. The van der Waals surface area contributed by atoms with Crippen LogP contribution in [0.25, 0.3) is 0 Å². The number of amides is 2. The second-order valence-electron chi connectivity index (χ2n) is 8.65. The van der Waals surface area contributed by atoms with E-state index in [0.29, 0.717) is 18.0 Å². The van der Waals surface area contributed by atoms with Gasteiger partial charge in [-0.05, 0) is 25.8 Å². The Bertz CT molecular complexity index is 580. The summed E-state index contributed by atoms with van der Waals surface area (Å²) in [6.07, 6.45) is -5.62. The Labute approximate surface area is 192 Å². The normalized spacial score (nSPS) is 35.8. The molecule has 0 aromatic carbocycles. The molecule has 194 valence electrons. The van der Waals surface area contributed by atoms with Gasteiger partial charge in [0.2, 0.25) is 0 Å². The Morgan fingerprint density at radius 3 is 2.52 bits per heavy atom. The second-order valence-corrected chi connectivity index (χ2v) is 8.65. The van der Waals surface area contributed by atoms with E-state index in [9.17, 15) is 30.4 Å². The molecule has 6 unspecified atom stereocenters. The number of hydrogen-bond donors (Lipinski definition) is 10. The second kappa shape index (κ2) is 13.7. The highest BCUT2D eigenvalue weighted by molar-refractivity contribution is 5.73. The number of nitrogens with two attached hydrogens (primary N) is 3. The summed E-state index contributed by atoms with van der Waals surface area (Å²) in [7, 11) is 0. The van der Waals surface area contributed by atoms with Crippen LogP contribution in [0.15, 0.2) is 0 Å². The minimum atomic E-state index is -1.15. The highest BCUT2D eigenvalue weighted by Crippen LogP contribution is 2.27. The van der Waals surface area contributed by atoms with Crippen molar-refractivity contribution in [3.63, 3.8) is 0 Å². The van der Waals surface area contributed by atoms with Gasteiger partial charge in [-0.3, -0.25) is 5.21 Å². The summed E-state index contributed by atoms with van der Waals surface area (Å²) in [5.41, 5.74) is 16.9. The highest BCUT2D eigenvalue weighted by Gasteiger charge is 2.42. The van der Waals surface area contributed by atoms with Crippen LogP contribution < -0.4 is 27.8 Å². The molecule has 1 saturated heterocycles. The maximum Gasteiger partial charge on any atom is 0.341 e. The Morgan fingerprint density at radius 1 is 1.15 bits per heavy atom. The van der Waals surface area contributed by atoms with E-state index in [2.05, 4.69) is 10.6 Å². The number of carbonyl (C=O) groups is 1. The topological polar surface area (TPSA) is 242 Å².